The SMILES string of the molecule is O=C(Cn1c(-c2cccs2)ncc(NC(=O)OCc2ccccc2)c1=O)NC(Cc1ccccc1)C(O)C(F)(F)F. The molecule has 0 saturated heterocycles. The zero-order valence-electron chi connectivity index (χ0n) is 21.4. The minimum Gasteiger partial charge on any atom is -0.444 e. The van der Waals surface area contributed by atoms with Crippen LogP contribution in [0.25, 0.3) is 10.7 Å². The number of alkyl halides is 3. The molecule has 2 atom stereocenters. The van der Waals surface area contributed by atoms with Crippen molar-refractivity contribution in [3.05, 3.63) is 106 Å². The Bertz CT molecular complexity index is 1510. The summed E-state index contributed by atoms with van der Waals surface area (Å²) in [6, 6.07) is 18.5. The van der Waals surface area contributed by atoms with Crippen LogP contribution in [0, 0.1) is 0 Å². The first-order valence-electron chi connectivity index (χ1n) is 12.3. The highest BCUT2D eigenvalue weighted by molar-refractivity contribution is 7.13. The second-order valence-electron chi connectivity index (χ2n) is 8.90. The van der Waals surface area contributed by atoms with Crippen LogP contribution in [0.5, 0.6) is 0 Å². The first kappa shape index (κ1) is 29.5. The standard InChI is InChI=1S/C28H25F3N4O5S/c29-28(30,31)24(37)20(14-18-8-3-1-4-9-18)33-23(36)16-35-25(22-12-7-13-41-22)32-15-21(26(35)38)34-27(39)40-17-19-10-5-2-6-11-19/h1-13,15,20,24,37H,14,16-17H2,(H,33,36)(H,34,39). The molecule has 0 saturated carbocycles. The highest BCUT2D eigenvalue weighted by atomic mass is 32.1. The van der Waals surface area contributed by atoms with E-state index in [-0.39, 0.29) is 24.5 Å². The van der Waals surface area contributed by atoms with E-state index < -0.39 is 42.4 Å². The Kier molecular flexibility index (Phi) is 9.53. The van der Waals surface area contributed by atoms with Crippen molar-refractivity contribution in [3.63, 3.8) is 0 Å². The molecule has 214 valence electrons. The molecule has 4 rings (SSSR count). The van der Waals surface area contributed by atoms with Crippen molar-refractivity contribution in [1.29, 1.82) is 0 Å². The molecule has 0 fully saturated rings. The summed E-state index contributed by atoms with van der Waals surface area (Å²) < 4.78 is 46.3. The van der Waals surface area contributed by atoms with Gasteiger partial charge in [-0.1, -0.05) is 66.7 Å². The van der Waals surface area contributed by atoms with Gasteiger partial charge in [-0.25, -0.2) is 9.78 Å². The van der Waals surface area contributed by atoms with Gasteiger partial charge in [0.25, 0.3) is 5.56 Å². The number of rotatable bonds is 10. The molecule has 0 spiro atoms. The molecule has 3 N–H and O–H groups in total. The second kappa shape index (κ2) is 13.2. The van der Waals surface area contributed by atoms with Gasteiger partial charge in [-0.3, -0.25) is 19.5 Å². The largest absolute Gasteiger partial charge is 0.444 e. The van der Waals surface area contributed by atoms with Gasteiger partial charge in [-0.2, -0.15) is 13.2 Å². The van der Waals surface area contributed by atoms with Gasteiger partial charge in [0.15, 0.2) is 11.9 Å². The van der Waals surface area contributed by atoms with E-state index in [1.54, 1.807) is 78.2 Å². The molecule has 0 aliphatic heterocycles. The molecule has 41 heavy (non-hydrogen) atoms. The Morgan fingerprint density at radius 3 is 2.27 bits per heavy atom. The Balaban J connectivity index is 1.56. The summed E-state index contributed by atoms with van der Waals surface area (Å²) in [6.07, 6.45) is -8.00. The number of anilines is 1. The molecule has 9 nitrogen and oxygen atoms in total. The van der Waals surface area contributed by atoms with E-state index in [1.165, 1.54) is 11.3 Å². The third-order valence-electron chi connectivity index (χ3n) is 5.90. The van der Waals surface area contributed by atoms with Crippen molar-refractivity contribution in [2.75, 3.05) is 5.32 Å². The van der Waals surface area contributed by atoms with E-state index in [2.05, 4.69) is 15.6 Å². The number of carbonyl (C=O) groups excluding carboxylic acids is 2. The van der Waals surface area contributed by atoms with E-state index in [1.807, 2.05) is 0 Å². The number of ether oxygens (including phenoxy) is 1. The number of hydrogen-bond donors (Lipinski definition) is 3. The summed E-state index contributed by atoms with van der Waals surface area (Å²) in [7, 11) is 0. The number of halogens is 3. The summed E-state index contributed by atoms with van der Waals surface area (Å²) in [4.78, 5) is 43.5. The lowest BCUT2D eigenvalue weighted by atomic mass is 10.0. The molecule has 4 aromatic rings. The normalized spacial score (nSPS) is 12.8. The molecule has 2 unspecified atom stereocenters. The Morgan fingerprint density at radius 2 is 1.66 bits per heavy atom. The molecule has 2 amide bonds. The molecule has 0 radical (unpaired) electrons. The van der Waals surface area contributed by atoms with Crippen molar-refractivity contribution in [2.24, 2.45) is 0 Å². The van der Waals surface area contributed by atoms with E-state index in [9.17, 15) is 32.7 Å². The predicted molar refractivity (Wildman–Crippen MR) is 146 cm³/mol. The number of amides is 2. The monoisotopic (exact) mass is 586 g/mol. The number of nitrogens with one attached hydrogen (secondary N) is 2. The molecule has 13 heteroatoms. The minimum absolute atomic E-state index is 0.0612. The first-order valence-corrected chi connectivity index (χ1v) is 13.2. The van der Waals surface area contributed by atoms with Gasteiger partial charge >= 0.3 is 12.3 Å². The predicted octanol–water partition coefficient (Wildman–Crippen LogP) is 4.37. The zero-order chi connectivity index (χ0) is 29.4. The van der Waals surface area contributed by atoms with Gasteiger partial charge in [-0.05, 0) is 29.0 Å². The highest BCUT2D eigenvalue weighted by Crippen LogP contribution is 2.25. The van der Waals surface area contributed by atoms with Crippen molar-refractivity contribution in [3.8, 4) is 10.7 Å². The number of aliphatic hydroxyl groups is 1. The third-order valence-corrected chi connectivity index (χ3v) is 6.77. The van der Waals surface area contributed by atoms with Crippen LogP contribution < -0.4 is 16.2 Å². The van der Waals surface area contributed by atoms with Crippen molar-refractivity contribution in [2.45, 2.75) is 37.9 Å². The van der Waals surface area contributed by atoms with Crippen LogP contribution in [-0.4, -0.2) is 45.0 Å². The van der Waals surface area contributed by atoms with E-state index >= 15 is 0 Å². The van der Waals surface area contributed by atoms with Crippen LogP contribution in [0.4, 0.5) is 23.7 Å². The van der Waals surface area contributed by atoms with Gasteiger partial charge in [0.1, 0.15) is 18.8 Å². The summed E-state index contributed by atoms with van der Waals surface area (Å²) in [6.45, 7) is -0.794. The lowest BCUT2D eigenvalue weighted by molar-refractivity contribution is -0.212. The van der Waals surface area contributed by atoms with Gasteiger partial charge in [-0.15, -0.1) is 11.3 Å². The molecular weight excluding hydrogens is 561 g/mol. The maximum Gasteiger partial charge on any atom is 0.416 e. The average Bonchev–Trinajstić information content (AvgIpc) is 3.49. The number of nitrogens with zero attached hydrogens (tertiary/aromatic N) is 2. The van der Waals surface area contributed by atoms with Crippen LogP contribution in [0.15, 0.2) is 89.2 Å². The molecule has 0 aliphatic carbocycles. The zero-order valence-corrected chi connectivity index (χ0v) is 22.2. The van der Waals surface area contributed by atoms with Gasteiger partial charge in [0, 0.05) is 0 Å². The molecule has 2 aromatic heterocycles. The lowest BCUT2D eigenvalue weighted by Crippen LogP contribution is -2.52. The van der Waals surface area contributed by atoms with Crippen molar-refractivity contribution < 1.29 is 32.6 Å². The number of benzene rings is 2. The van der Waals surface area contributed by atoms with Gasteiger partial charge in [0.2, 0.25) is 5.91 Å². The number of aromatic nitrogens is 2. The Labute approximate surface area is 236 Å². The van der Waals surface area contributed by atoms with Crippen LogP contribution in [-0.2, 0) is 29.1 Å². The summed E-state index contributed by atoms with van der Waals surface area (Å²) in [5.41, 5.74) is 0.0481. The van der Waals surface area contributed by atoms with Crippen LogP contribution in [0.1, 0.15) is 11.1 Å². The smallest absolute Gasteiger partial charge is 0.416 e. The lowest BCUT2D eigenvalue weighted by Gasteiger charge is -2.26. The Morgan fingerprint density at radius 1 is 1.00 bits per heavy atom. The quantitative estimate of drug-likeness (QED) is 0.254. The summed E-state index contributed by atoms with van der Waals surface area (Å²) >= 11 is 1.22. The van der Waals surface area contributed by atoms with Crippen LogP contribution in [0.2, 0.25) is 0 Å². The minimum atomic E-state index is -5.00. The first-order chi connectivity index (χ1) is 19.6. The van der Waals surface area contributed by atoms with E-state index in [0.717, 1.165) is 10.8 Å². The number of aliphatic hydroxyl groups excluding tert-OH is 1. The molecule has 2 heterocycles. The molecule has 2 aromatic carbocycles. The summed E-state index contributed by atoms with van der Waals surface area (Å²) in [5, 5.41) is 16.2. The highest BCUT2D eigenvalue weighted by Gasteiger charge is 2.44. The van der Waals surface area contributed by atoms with Crippen molar-refractivity contribution in [1.82, 2.24) is 14.9 Å². The van der Waals surface area contributed by atoms with Gasteiger partial charge < -0.3 is 15.2 Å². The fourth-order valence-electron chi connectivity index (χ4n) is 3.93. The van der Waals surface area contributed by atoms with Crippen LogP contribution >= 0.6 is 11.3 Å². The van der Waals surface area contributed by atoms with E-state index in [4.69, 9.17) is 4.74 Å². The number of carbonyl (C=O) groups is 2. The topological polar surface area (TPSA) is 123 Å². The van der Waals surface area contributed by atoms with Crippen molar-refractivity contribution >= 4 is 29.0 Å². The molecular formula is C28H25F3N4O5S. The Hall–Kier alpha value is -4.49. The van der Waals surface area contributed by atoms with Crippen LogP contribution in [0.3, 0.4) is 0 Å². The van der Waals surface area contributed by atoms with Gasteiger partial charge in [0.05, 0.1) is 17.1 Å². The third kappa shape index (κ3) is 8.02. The number of hydrogen-bond acceptors (Lipinski definition) is 7. The average molecular weight is 587 g/mol. The maximum absolute atomic E-state index is 13.4. The molecule has 0 aliphatic rings. The van der Waals surface area contributed by atoms with E-state index in [0.29, 0.717) is 16.0 Å². The second-order valence-corrected chi connectivity index (χ2v) is 9.85. The number of thiophene rings is 1. The maximum atomic E-state index is 13.4. The fourth-order valence-corrected chi connectivity index (χ4v) is 4.66. The summed E-state index contributed by atoms with van der Waals surface area (Å²) in [5.74, 6) is -0.904. The fraction of sp³-hybridized carbons (Fsp3) is 0.214. The molecule has 0 bridgehead atoms.